The van der Waals surface area contributed by atoms with E-state index in [1.165, 1.54) is 0 Å². The number of pyridine rings is 2. The number of aliphatic hydroxyl groups is 1. The SMILES string of the molecule is CCCC(O)C1C=C(C)C(c2cc3cnc(NC(=O)C4CC4(F)F)cc3cn2)=CN1. The van der Waals surface area contributed by atoms with Crippen LogP contribution in [0.5, 0.6) is 0 Å². The third kappa shape index (κ3) is 4.05. The Balaban J connectivity index is 1.50. The number of rotatable bonds is 6. The Hall–Kier alpha value is -2.87. The molecule has 2 aromatic rings. The van der Waals surface area contributed by atoms with Gasteiger partial charge in [-0.05, 0) is 31.1 Å². The van der Waals surface area contributed by atoms with Crippen molar-refractivity contribution < 1.29 is 18.7 Å². The number of allylic oxidation sites excluding steroid dienone is 2. The molecule has 1 aliphatic carbocycles. The van der Waals surface area contributed by atoms with Crippen molar-refractivity contribution in [1.29, 1.82) is 0 Å². The van der Waals surface area contributed by atoms with Gasteiger partial charge in [0.1, 0.15) is 11.7 Å². The van der Waals surface area contributed by atoms with Crippen LogP contribution in [0.2, 0.25) is 0 Å². The predicted molar refractivity (Wildman–Crippen MR) is 111 cm³/mol. The first kappa shape index (κ1) is 20.4. The molecule has 0 saturated heterocycles. The molecule has 3 heterocycles. The van der Waals surface area contributed by atoms with Crippen molar-refractivity contribution in [3.05, 3.63) is 48.1 Å². The molecule has 0 aromatic carbocycles. The van der Waals surface area contributed by atoms with Crippen LogP contribution < -0.4 is 10.6 Å². The molecular formula is C22H24F2N4O2. The summed E-state index contributed by atoms with van der Waals surface area (Å²) in [6.45, 7) is 4.02. The minimum absolute atomic E-state index is 0.124. The summed E-state index contributed by atoms with van der Waals surface area (Å²) in [5.41, 5.74) is 2.69. The van der Waals surface area contributed by atoms with Gasteiger partial charge in [-0.2, -0.15) is 0 Å². The molecule has 1 amide bonds. The average Bonchev–Trinajstić information content (AvgIpc) is 3.36. The highest BCUT2D eigenvalue weighted by atomic mass is 19.3. The molecule has 6 nitrogen and oxygen atoms in total. The first-order valence-electron chi connectivity index (χ1n) is 10.1. The number of nitrogens with zero attached hydrogens (tertiary/aromatic N) is 2. The number of nitrogens with one attached hydrogen (secondary N) is 2. The molecule has 2 aromatic heterocycles. The third-order valence-electron chi connectivity index (χ3n) is 5.55. The summed E-state index contributed by atoms with van der Waals surface area (Å²) in [7, 11) is 0. The maximum absolute atomic E-state index is 13.0. The van der Waals surface area contributed by atoms with Crippen LogP contribution in [0.1, 0.15) is 38.8 Å². The van der Waals surface area contributed by atoms with E-state index in [-0.39, 0.29) is 11.9 Å². The van der Waals surface area contributed by atoms with E-state index in [1.807, 2.05) is 32.2 Å². The molecule has 3 N–H and O–H groups in total. The van der Waals surface area contributed by atoms with Gasteiger partial charge >= 0.3 is 0 Å². The summed E-state index contributed by atoms with van der Waals surface area (Å²) in [5.74, 6) is -4.66. The van der Waals surface area contributed by atoms with Gasteiger partial charge in [-0.1, -0.05) is 19.4 Å². The van der Waals surface area contributed by atoms with Crippen molar-refractivity contribution in [1.82, 2.24) is 15.3 Å². The highest BCUT2D eigenvalue weighted by Crippen LogP contribution is 2.49. The lowest BCUT2D eigenvalue weighted by molar-refractivity contribution is -0.119. The van der Waals surface area contributed by atoms with Crippen LogP contribution in [0, 0.1) is 5.92 Å². The van der Waals surface area contributed by atoms with Gasteiger partial charge in [0.2, 0.25) is 5.91 Å². The Morgan fingerprint density at radius 1 is 1.33 bits per heavy atom. The molecule has 3 atom stereocenters. The van der Waals surface area contributed by atoms with Crippen molar-refractivity contribution in [2.75, 3.05) is 5.32 Å². The second-order valence-corrected chi connectivity index (χ2v) is 7.95. The standard InChI is InChI=1S/C22H24F2N4O2/c1-3-4-19(29)18-5-12(2)15(11-26-18)17-6-13-10-27-20(7-14(13)9-25-17)28-21(30)16-8-22(16,23)24/h5-7,9-11,16,18-19,26,29H,3-4,8H2,1-2H3,(H,27,28,30). The number of hydrogen-bond acceptors (Lipinski definition) is 5. The van der Waals surface area contributed by atoms with Gasteiger partial charge in [-0.15, -0.1) is 0 Å². The van der Waals surface area contributed by atoms with E-state index >= 15 is 0 Å². The summed E-state index contributed by atoms with van der Waals surface area (Å²) in [6, 6.07) is 3.38. The number of hydrogen-bond donors (Lipinski definition) is 3. The molecule has 158 valence electrons. The van der Waals surface area contributed by atoms with Crippen LogP contribution in [-0.2, 0) is 4.79 Å². The van der Waals surface area contributed by atoms with E-state index in [4.69, 9.17) is 0 Å². The van der Waals surface area contributed by atoms with Crippen molar-refractivity contribution in [3.8, 4) is 0 Å². The van der Waals surface area contributed by atoms with Gasteiger partial charge in [0, 0.05) is 41.4 Å². The number of anilines is 1. The van der Waals surface area contributed by atoms with Gasteiger partial charge in [0.15, 0.2) is 0 Å². The number of amides is 1. The Kier molecular flexibility index (Phi) is 5.27. The molecule has 3 unspecified atom stereocenters. The van der Waals surface area contributed by atoms with Crippen LogP contribution in [-0.4, -0.2) is 39.1 Å². The number of alkyl halides is 2. The fraction of sp³-hybridized carbons (Fsp3) is 0.409. The fourth-order valence-electron chi connectivity index (χ4n) is 3.64. The molecule has 30 heavy (non-hydrogen) atoms. The number of carbonyl (C=O) groups excluding carboxylic acids is 1. The molecule has 0 spiro atoms. The van der Waals surface area contributed by atoms with Crippen LogP contribution >= 0.6 is 0 Å². The minimum Gasteiger partial charge on any atom is -0.391 e. The van der Waals surface area contributed by atoms with Crippen molar-refractivity contribution in [3.63, 3.8) is 0 Å². The van der Waals surface area contributed by atoms with E-state index in [2.05, 4.69) is 20.6 Å². The summed E-state index contributed by atoms with van der Waals surface area (Å²) in [4.78, 5) is 20.5. The Labute approximate surface area is 173 Å². The first-order chi connectivity index (χ1) is 14.3. The van der Waals surface area contributed by atoms with Crippen LogP contribution in [0.25, 0.3) is 16.3 Å². The van der Waals surface area contributed by atoms with Gasteiger partial charge in [-0.3, -0.25) is 9.78 Å². The van der Waals surface area contributed by atoms with Gasteiger partial charge < -0.3 is 15.7 Å². The topological polar surface area (TPSA) is 87.1 Å². The smallest absolute Gasteiger partial charge is 0.260 e. The molecule has 1 saturated carbocycles. The minimum atomic E-state index is -2.91. The summed E-state index contributed by atoms with van der Waals surface area (Å²) < 4.78 is 26.1. The summed E-state index contributed by atoms with van der Waals surface area (Å²) >= 11 is 0. The number of carbonyl (C=O) groups is 1. The van der Waals surface area contributed by atoms with Crippen molar-refractivity contribution >= 4 is 28.1 Å². The summed E-state index contributed by atoms with van der Waals surface area (Å²) in [5, 5.41) is 17.5. The monoisotopic (exact) mass is 414 g/mol. The maximum Gasteiger partial charge on any atom is 0.260 e. The number of fused-ring (bicyclic) bond motifs is 1. The van der Waals surface area contributed by atoms with Gasteiger partial charge in [0.25, 0.3) is 5.92 Å². The zero-order valence-corrected chi connectivity index (χ0v) is 16.8. The van der Waals surface area contributed by atoms with Crippen LogP contribution in [0.4, 0.5) is 14.6 Å². The van der Waals surface area contributed by atoms with Crippen molar-refractivity contribution in [2.45, 2.75) is 51.2 Å². The lowest BCUT2D eigenvalue weighted by Gasteiger charge is -2.26. The van der Waals surface area contributed by atoms with Gasteiger partial charge in [0.05, 0.1) is 17.8 Å². The van der Waals surface area contributed by atoms with E-state index in [0.717, 1.165) is 40.5 Å². The van der Waals surface area contributed by atoms with E-state index < -0.39 is 30.3 Å². The maximum atomic E-state index is 13.0. The molecule has 0 radical (unpaired) electrons. The highest BCUT2D eigenvalue weighted by Gasteiger charge is 2.61. The summed E-state index contributed by atoms with van der Waals surface area (Å²) in [6.07, 6.45) is 7.90. The largest absolute Gasteiger partial charge is 0.391 e. The average molecular weight is 414 g/mol. The molecular weight excluding hydrogens is 390 g/mol. The molecule has 1 fully saturated rings. The first-order valence-corrected chi connectivity index (χ1v) is 10.1. The molecule has 4 rings (SSSR count). The number of aromatic nitrogens is 2. The second kappa shape index (κ2) is 7.75. The molecule has 8 heteroatoms. The fourth-order valence-corrected chi connectivity index (χ4v) is 3.64. The third-order valence-corrected chi connectivity index (χ3v) is 5.55. The van der Waals surface area contributed by atoms with Crippen molar-refractivity contribution in [2.24, 2.45) is 5.92 Å². The quantitative estimate of drug-likeness (QED) is 0.672. The highest BCUT2D eigenvalue weighted by molar-refractivity contribution is 5.96. The van der Waals surface area contributed by atoms with Crippen LogP contribution in [0.3, 0.4) is 0 Å². The lowest BCUT2D eigenvalue weighted by Crippen LogP contribution is -2.37. The number of aliphatic hydroxyl groups excluding tert-OH is 1. The zero-order valence-electron chi connectivity index (χ0n) is 16.8. The molecule has 0 bridgehead atoms. The Bertz CT molecular complexity index is 1050. The molecule has 1 aliphatic heterocycles. The van der Waals surface area contributed by atoms with Crippen LogP contribution in [0.15, 0.2) is 42.4 Å². The molecule has 2 aliphatic rings. The zero-order chi connectivity index (χ0) is 21.5. The van der Waals surface area contributed by atoms with E-state index in [1.54, 1.807) is 18.5 Å². The van der Waals surface area contributed by atoms with E-state index in [0.29, 0.717) is 0 Å². The Morgan fingerprint density at radius 3 is 2.70 bits per heavy atom. The lowest BCUT2D eigenvalue weighted by atomic mass is 9.95. The van der Waals surface area contributed by atoms with Gasteiger partial charge in [-0.25, -0.2) is 13.8 Å². The van der Waals surface area contributed by atoms with E-state index in [9.17, 15) is 18.7 Å². The number of dihydropyridines is 1. The Morgan fingerprint density at radius 2 is 2.03 bits per heavy atom. The number of halogens is 2. The normalized spacial score (nSPS) is 23.2. The second-order valence-electron chi connectivity index (χ2n) is 7.95. The predicted octanol–water partition coefficient (Wildman–Crippen LogP) is 3.64.